The molecule has 4 nitrogen and oxygen atoms in total. The Kier molecular flexibility index (Phi) is 3.46. The smallest absolute Gasteiger partial charge is 0.308 e. The van der Waals surface area contributed by atoms with Crippen molar-refractivity contribution in [2.24, 2.45) is 11.8 Å². The van der Waals surface area contributed by atoms with Crippen molar-refractivity contribution < 1.29 is 14.3 Å². The number of amides is 1. The first kappa shape index (κ1) is 11.4. The van der Waals surface area contributed by atoms with Gasteiger partial charge in [-0.25, -0.2) is 0 Å². The van der Waals surface area contributed by atoms with Crippen molar-refractivity contribution in [2.75, 3.05) is 20.2 Å². The summed E-state index contributed by atoms with van der Waals surface area (Å²) < 4.78 is 4.72. The molecular formula is C12H19NO3. The molecule has 1 aliphatic carbocycles. The van der Waals surface area contributed by atoms with Gasteiger partial charge in [-0.1, -0.05) is 0 Å². The topological polar surface area (TPSA) is 46.6 Å². The molecule has 0 N–H and O–H groups in total. The summed E-state index contributed by atoms with van der Waals surface area (Å²) >= 11 is 0. The Bertz CT molecular complexity index is 278. The first-order valence-corrected chi connectivity index (χ1v) is 6.06. The lowest BCUT2D eigenvalue weighted by Crippen LogP contribution is -2.40. The molecule has 0 aromatic heterocycles. The minimum atomic E-state index is -0.130. The molecule has 0 atom stereocenters. The highest BCUT2D eigenvalue weighted by Gasteiger charge is 2.31. The van der Waals surface area contributed by atoms with Crippen LogP contribution < -0.4 is 0 Å². The predicted octanol–water partition coefficient (Wildman–Crippen LogP) is 1.20. The number of ether oxygens (including phenoxy) is 1. The summed E-state index contributed by atoms with van der Waals surface area (Å²) in [6.45, 7) is 1.43. The average molecular weight is 225 g/mol. The van der Waals surface area contributed by atoms with Crippen LogP contribution in [0, 0.1) is 11.8 Å². The Morgan fingerprint density at radius 3 is 2.31 bits per heavy atom. The van der Waals surface area contributed by atoms with Crippen LogP contribution in [0.5, 0.6) is 0 Å². The second-order valence-corrected chi connectivity index (χ2v) is 4.83. The highest BCUT2D eigenvalue weighted by atomic mass is 16.5. The first-order valence-electron chi connectivity index (χ1n) is 6.06. The van der Waals surface area contributed by atoms with Gasteiger partial charge in [0.15, 0.2) is 0 Å². The Hall–Kier alpha value is -1.06. The highest BCUT2D eigenvalue weighted by molar-refractivity contribution is 5.77. The van der Waals surface area contributed by atoms with Crippen LogP contribution in [0.15, 0.2) is 0 Å². The minimum Gasteiger partial charge on any atom is -0.469 e. The quantitative estimate of drug-likeness (QED) is 0.678. The fraction of sp³-hybridized carbons (Fsp3) is 0.833. The Morgan fingerprint density at radius 2 is 1.81 bits per heavy atom. The van der Waals surface area contributed by atoms with Crippen molar-refractivity contribution in [3.05, 3.63) is 0 Å². The van der Waals surface area contributed by atoms with Gasteiger partial charge in [-0.2, -0.15) is 0 Å². The molecule has 1 saturated carbocycles. The van der Waals surface area contributed by atoms with E-state index in [0.29, 0.717) is 25.4 Å². The molecule has 90 valence electrons. The van der Waals surface area contributed by atoms with Gasteiger partial charge in [0.05, 0.1) is 13.0 Å². The van der Waals surface area contributed by atoms with Crippen LogP contribution in [0.25, 0.3) is 0 Å². The fourth-order valence-electron chi connectivity index (χ4n) is 2.23. The van der Waals surface area contributed by atoms with E-state index in [0.717, 1.165) is 12.8 Å². The first-order chi connectivity index (χ1) is 7.70. The summed E-state index contributed by atoms with van der Waals surface area (Å²) in [5.74, 6) is 0.779. The highest BCUT2D eigenvalue weighted by Crippen LogP contribution is 2.33. The van der Waals surface area contributed by atoms with Crippen LogP contribution in [-0.4, -0.2) is 37.0 Å². The lowest BCUT2D eigenvalue weighted by atomic mass is 9.97. The molecule has 0 unspecified atom stereocenters. The molecule has 16 heavy (non-hydrogen) atoms. The van der Waals surface area contributed by atoms with Gasteiger partial charge in [-0.15, -0.1) is 0 Å². The maximum Gasteiger partial charge on any atom is 0.308 e. The van der Waals surface area contributed by atoms with Crippen LogP contribution in [0.4, 0.5) is 0 Å². The third-order valence-electron chi connectivity index (χ3n) is 3.54. The number of carbonyl (C=O) groups excluding carboxylic acids is 2. The Balaban J connectivity index is 1.75. The van der Waals surface area contributed by atoms with E-state index < -0.39 is 0 Å². The molecule has 1 heterocycles. The molecule has 0 aromatic rings. The predicted molar refractivity (Wildman–Crippen MR) is 58.7 cm³/mol. The maximum atomic E-state index is 11.8. The summed E-state index contributed by atoms with van der Waals surface area (Å²) in [6, 6.07) is 0. The molecule has 2 fully saturated rings. The minimum absolute atomic E-state index is 0.00465. The van der Waals surface area contributed by atoms with Crippen LogP contribution in [0.1, 0.15) is 32.1 Å². The molecule has 1 saturated heterocycles. The standard InChI is InChI=1S/C12H19NO3/c1-16-12(15)10-4-6-13(7-5-10)11(14)8-9-2-3-9/h9-10H,2-8H2,1H3. The number of piperidine rings is 1. The van der Waals surface area contributed by atoms with Gasteiger partial charge in [0.2, 0.25) is 5.91 Å². The van der Waals surface area contributed by atoms with E-state index in [9.17, 15) is 9.59 Å². The summed E-state index contributed by atoms with van der Waals surface area (Å²) in [6.07, 6.45) is 4.64. The Morgan fingerprint density at radius 1 is 1.19 bits per heavy atom. The molecule has 0 radical (unpaired) electrons. The van der Waals surface area contributed by atoms with Gasteiger partial charge >= 0.3 is 5.97 Å². The molecule has 0 aromatic carbocycles. The van der Waals surface area contributed by atoms with Crippen molar-refractivity contribution in [3.8, 4) is 0 Å². The monoisotopic (exact) mass is 225 g/mol. The van der Waals surface area contributed by atoms with Crippen molar-refractivity contribution >= 4 is 11.9 Å². The van der Waals surface area contributed by atoms with Gasteiger partial charge in [-0.05, 0) is 31.6 Å². The van der Waals surface area contributed by atoms with Crippen LogP contribution >= 0.6 is 0 Å². The number of methoxy groups -OCH3 is 1. The van der Waals surface area contributed by atoms with E-state index >= 15 is 0 Å². The number of nitrogens with zero attached hydrogens (tertiary/aromatic N) is 1. The van der Waals surface area contributed by atoms with E-state index in [1.807, 2.05) is 4.90 Å². The fourth-order valence-corrected chi connectivity index (χ4v) is 2.23. The van der Waals surface area contributed by atoms with Crippen molar-refractivity contribution in [3.63, 3.8) is 0 Å². The molecule has 1 amide bonds. The maximum absolute atomic E-state index is 11.8. The zero-order valence-electron chi connectivity index (χ0n) is 9.78. The molecule has 2 rings (SSSR count). The molecule has 2 aliphatic rings. The molecule has 0 bridgehead atoms. The van der Waals surface area contributed by atoms with E-state index in [4.69, 9.17) is 4.74 Å². The normalized spacial score (nSPS) is 21.9. The van der Waals surface area contributed by atoms with Crippen molar-refractivity contribution in [1.82, 2.24) is 4.90 Å². The molecule has 1 aliphatic heterocycles. The summed E-state index contributed by atoms with van der Waals surface area (Å²) in [4.78, 5) is 25.0. The third-order valence-corrected chi connectivity index (χ3v) is 3.54. The Labute approximate surface area is 95.9 Å². The zero-order chi connectivity index (χ0) is 11.5. The number of esters is 1. The van der Waals surface area contributed by atoms with Gasteiger partial charge in [0, 0.05) is 19.5 Å². The van der Waals surface area contributed by atoms with Crippen molar-refractivity contribution in [1.29, 1.82) is 0 Å². The largest absolute Gasteiger partial charge is 0.469 e. The number of hydrogen-bond donors (Lipinski definition) is 0. The molecule has 0 spiro atoms. The summed E-state index contributed by atoms with van der Waals surface area (Å²) in [5.41, 5.74) is 0. The summed E-state index contributed by atoms with van der Waals surface area (Å²) in [7, 11) is 1.42. The van der Waals surface area contributed by atoms with Gasteiger partial charge in [0.1, 0.15) is 0 Å². The zero-order valence-corrected chi connectivity index (χ0v) is 9.78. The van der Waals surface area contributed by atoms with Gasteiger partial charge in [-0.3, -0.25) is 9.59 Å². The number of likely N-dealkylation sites (tertiary alicyclic amines) is 1. The second-order valence-electron chi connectivity index (χ2n) is 4.83. The molecule has 4 heteroatoms. The van der Waals surface area contributed by atoms with E-state index in [1.165, 1.54) is 20.0 Å². The van der Waals surface area contributed by atoms with Crippen LogP contribution in [-0.2, 0) is 14.3 Å². The van der Waals surface area contributed by atoms with E-state index in [2.05, 4.69) is 0 Å². The van der Waals surface area contributed by atoms with Crippen LogP contribution in [0.2, 0.25) is 0 Å². The average Bonchev–Trinajstić information content (AvgIpc) is 3.12. The second kappa shape index (κ2) is 4.85. The summed E-state index contributed by atoms with van der Waals surface area (Å²) in [5, 5.41) is 0. The third kappa shape index (κ3) is 2.74. The SMILES string of the molecule is COC(=O)C1CCN(C(=O)CC2CC2)CC1. The number of rotatable bonds is 3. The van der Waals surface area contributed by atoms with Crippen molar-refractivity contribution in [2.45, 2.75) is 32.1 Å². The number of carbonyl (C=O) groups is 2. The lowest BCUT2D eigenvalue weighted by Gasteiger charge is -2.30. The van der Waals surface area contributed by atoms with E-state index in [-0.39, 0.29) is 17.8 Å². The van der Waals surface area contributed by atoms with Gasteiger partial charge < -0.3 is 9.64 Å². The number of hydrogen-bond acceptors (Lipinski definition) is 3. The van der Waals surface area contributed by atoms with E-state index in [1.54, 1.807) is 0 Å². The lowest BCUT2D eigenvalue weighted by molar-refractivity contribution is -0.149. The van der Waals surface area contributed by atoms with Crippen LogP contribution in [0.3, 0.4) is 0 Å². The molecular weight excluding hydrogens is 206 g/mol. The van der Waals surface area contributed by atoms with Gasteiger partial charge in [0.25, 0.3) is 0 Å².